The van der Waals surface area contributed by atoms with E-state index in [1.165, 1.54) is 17.0 Å². The minimum atomic E-state index is -3.91. The Hall–Kier alpha value is -3.24. The number of aliphatic carboxylic acids is 1. The average molecular weight is 502 g/mol. The Balaban J connectivity index is 1.62. The molecular formula is C25H31N3O6S. The van der Waals surface area contributed by atoms with Crippen LogP contribution in [0.4, 0.5) is 0 Å². The zero-order valence-corrected chi connectivity index (χ0v) is 20.7. The molecule has 0 spiro atoms. The van der Waals surface area contributed by atoms with Gasteiger partial charge in [0.15, 0.2) is 0 Å². The van der Waals surface area contributed by atoms with Crippen LogP contribution in [0.3, 0.4) is 0 Å². The molecule has 9 nitrogen and oxygen atoms in total. The highest BCUT2D eigenvalue weighted by Gasteiger charge is 2.40. The van der Waals surface area contributed by atoms with Gasteiger partial charge in [0.25, 0.3) is 0 Å². The van der Waals surface area contributed by atoms with Gasteiger partial charge in [-0.25, -0.2) is 13.2 Å². The van der Waals surface area contributed by atoms with E-state index in [-0.39, 0.29) is 30.2 Å². The topological polar surface area (TPSA) is 124 Å². The van der Waals surface area contributed by atoms with Gasteiger partial charge in [-0.2, -0.15) is 4.31 Å². The standard InChI is InChI=1S/C25H31N3O6S/c1-18-10-12-20(13-11-18)35(33,34)28-16-6-9-22(28)24(30)26-21(25(31)32)14-15-23(29)27(2)17-19-7-4-3-5-8-19/h3-5,7-8,10-13,21-22H,6,9,14-17H2,1-2H3,(H,26,30)(H,31,32)/t21-,22-/m0/s1. The van der Waals surface area contributed by atoms with Crippen molar-refractivity contribution < 1.29 is 27.9 Å². The first-order valence-electron chi connectivity index (χ1n) is 11.5. The zero-order chi connectivity index (χ0) is 25.6. The minimum Gasteiger partial charge on any atom is -0.480 e. The van der Waals surface area contributed by atoms with Crippen molar-refractivity contribution in [3.63, 3.8) is 0 Å². The second kappa shape index (κ2) is 11.5. The van der Waals surface area contributed by atoms with E-state index < -0.39 is 34.0 Å². The minimum absolute atomic E-state index is 0.0728. The molecule has 1 aliphatic rings. The molecule has 2 amide bonds. The lowest BCUT2D eigenvalue weighted by molar-refractivity contribution is -0.143. The van der Waals surface area contributed by atoms with E-state index in [4.69, 9.17) is 0 Å². The number of carboxylic acids is 1. The van der Waals surface area contributed by atoms with E-state index in [1.54, 1.807) is 19.2 Å². The van der Waals surface area contributed by atoms with E-state index in [0.717, 1.165) is 15.4 Å². The SMILES string of the molecule is Cc1ccc(S(=O)(=O)N2CCC[C@H]2C(=O)N[C@@H](CCC(=O)N(C)Cc2ccccc2)C(=O)O)cc1. The molecule has 0 saturated carbocycles. The first-order valence-corrected chi connectivity index (χ1v) is 12.9. The predicted molar refractivity (Wildman–Crippen MR) is 130 cm³/mol. The Morgan fingerprint density at radius 2 is 1.77 bits per heavy atom. The molecule has 10 heteroatoms. The largest absolute Gasteiger partial charge is 0.480 e. The monoisotopic (exact) mass is 501 g/mol. The number of benzene rings is 2. The van der Waals surface area contributed by atoms with Crippen LogP contribution in [-0.2, 0) is 31.0 Å². The van der Waals surface area contributed by atoms with Gasteiger partial charge in [-0.15, -0.1) is 0 Å². The predicted octanol–water partition coefficient (Wildman–Crippen LogP) is 2.16. The number of carbonyl (C=O) groups excluding carboxylic acids is 2. The Labute approximate surface area is 205 Å². The molecule has 0 radical (unpaired) electrons. The number of hydrogen-bond donors (Lipinski definition) is 2. The normalized spacial score (nSPS) is 17.0. The van der Waals surface area contributed by atoms with Crippen molar-refractivity contribution in [3.8, 4) is 0 Å². The summed E-state index contributed by atoms with van der Waals surface area (Å²) in [6.07, 6.45) is 0.610. The van der Waals surface area contributed by atoms with Gasteiger partial charge in [0, 0.05) is 26.6 Å². The Morgan fingerprint density at radius 3 is 2.40 bits per heavy atom. The number of nitrogens with one attached hydrogen (secondary N) is 1. The van der Waals surface area contributed by atoms with Crippen molar-refractivity contribution in [2.75, 3.05) is 13.6 Å². The fourth-order valence-electron chi connectivity index (χ4n) is 4.06. The Morgan fingerprint density at radius 1 is 1.11 bits per heavy atom. The van der Waals surface area contributed by atoms with Crippen LogP contribution in [0.25, 0.3) is 0 Å². The van der Waals surface area contributed by atoms with E-state index in [2.05, 4.69) is 5.32 Å². The third kappa shape index (κ3) is 6.67. The molecule has 3 rings (SSSR count). The van der Waals surface area contributed by atoms with Gasteiger partial charge in [0.2, 0.25) is 21.8 Å². The highest BCUT2D eigenvalue weighted by molar-refractivity contribution is 7.89. The van der Waals surface area contributed by atoms with E-state index in [0.29, 0.717) is 19.4 Å². The smallest absolute Gasteiger partial charge is 0.326 e. The average Bonchev–Trinajstić information content (AvgIpc) is 3.33. The quantitative estimate of drug-likeness (QED) is 0.514. The first-order chi connectivity index (χ1) is 16.6. The summed E-state index contributed by atoms with van der Waals surface area (Å²) in [6.45, 7) is 2.41. The van der Waals surface area contributed by atoms with Crippen molar-refractivity contribution in [3.05, 3.63) is 65.7 Å². The molecule has 0 bridgehead atoms. The first kappa shape index (κ1) is 26.4. The van der Waals surface area contributed by atoms with E-state index >= 15 is 0 Å². The van der Waals surface area contributed by atoms with Crippen LogP contribution in [0.1, 0.15) is 36.8 Å². The van der Waals surface area contributed by atoms with Gasteiger partial charge < -0.3 is 15.3 Å². The third-order valence-corrected chi connectivity index (χ3v) is 8.01. The van der Waals surface area contributed by atoms with Crippen molar-refractivity contribution in [2.45, 2.75) is 56.1 Å². The van der Waals surface area contributed by atoms with Crippen molar-refractivity contribution >= 4 is 27.8 Å². The molecule has 0 unspecified atom stereocenters. The number of amides is 2. The number of rotatable bonds is 10. The lowest BCUT2D eigenvalue weighted by Gasteiger charge is -2.25. The molecule has 35 heavy (non-hydrogen) atoms. The number of hydrogen-bond acceptors (Lipinski definition) is 5. The van der Waals surface area contributed by atoms with Gasteiger partial charge in [-0.1, -0.05) is 48.0 Å². The van der Waals surface area contributed by atoms with Gasteiger partial charge in [-0.05, 0) is 43.9 Å². The summed E-state index contributed by atoms with van der Waals surface area (Å²) < 4.78 is 27.3. The van der Waals surface area contributed by atoms with E-state index in [1.807, 2.05) is 37.3 Å². The number of carbonyl (C=O) groups is 3. The van der Waals surface area contributed by atoms with Gasteiger partial charge in [0.1, 0.15) is 12.1 Å². The van der Waals surface area contributed by atoms with Crippen LogP contribution in [0.15, 0.2) is 59.5 Å². The van der Waals surface area contributed by atoms with Crippen LogP contribution in [0.5, 0.6) is 0 Å². The number of nitrogens with zero attached hydrogens (tertiary/aromatic N) is 2. The zero-order valence-electron chi connectivity index (χ0n) is 19.9. The number of sulfonamides is 1. The summed E-state index contributed by atoms with van der Waals surface area (Å²) >= 11 is 0. The summed E-state index contributed by atoms with van der Waals surface area (Å²) in [4.78, 5) is 38.8. The molecule has 0 aromatic heterocycles. The van der Waals surface area contributed by atoms with Gasteiger partial charge >= 0.3 is 5.97 Å². The lowest BCUT2D eigenvalue weighted by atomic mass is 10.1. The van der Waals surface area contributed by atoms with Crippen molar-refractivity contribution in [1.29, 1.82) is 0 Å². The molecule has 2 aromatic carbocycles. The Bertz CT molecular complexity index is 1150. The van der Waals surface area contributed by atoms with Crippen LogP contribution < -0.4 is 5.32 Å². The lowest BCUT2D eigenvalue weighted by Crippen LogP contribution is -2.51. The molecule has 1 fully saturated rings. The molecule has 2 atom stereocenters. The number of aryl methyl sites for hydroxylation is 1. The van der Waals surface area contributed by atoms with Crippen LogP contribution in [0, 0.1) is 6.92 Å². The van der Waals surface area contributed by atoms with E-state index in [9.17, 15) is 27.9 Å². The number of carboxylic acid groups (broad SMARTS) is 1. The van der Waals surface area contributed by atoms with Crippen LogP contribution >= 0.6 is 0 Å². The molecule has 2 aromatic rings. The fraction of sp³-hybridized carbons (Fsp3) is 0.400. The highest BCUT2D eigenvalue weighted by Crippen LogP contribution is 2.26. The van der Waals surface area contributed by atoms with Crippen molar-refractivity contribution in [1.82, 2.24) is 14.5 Å². The highest BCUT2D eigenvalue weighted by atomic mass is 32.2. The molecule has 1 saturated heterocycles. The molecule has 0 aliphatic carbocycles. The summed E-state index contributed by atoms with van der Waals surface area (Å²) in [7, 11) is -2.27. The molecule has 1 aliphatic heterocycles. The maximum Gasteiger partial charge on any atom is 0.326 e. The van der Waals surface area contributed by atoms with Crippen molar-refractivity contribution in [2.24, 2.45) is 0 Å². The van der Waals surface area contributed by atoms with Crippen LogP contribution in [0.2, 0.25) is 0 Å². The van der Waals surface area contributed by atoms with Crippen LogP contribution in [-0.4, -0.2) is 66.2 Å². The second-order valence-corrected chi connectivity index (χ2v) is 10.7. The maximum absolute atomic E-state index is 13.1. The molecular weight excluding hydrogens is 470 g/mol. The summed E-state index contributed by atoms with van der Waals surface area (Å²) in [5.74, 6) is -2.20. The summed E-state index contributed by atoms with van der Waals surface area (Å²) in [5.41, 5.74) is 1.86. The molecule has 1 heterocycles. The summed E-state index contributed by atoms with van der Waals surface area (Å²) in [5, 5.41) is 12.1. The second-order valence-electron chi connectivity index (χ2n) is 8.76. The summed E-state index contributed by atoms with van der Waals surface area (Å²) in [6, 6.07) is 13.5. The molecule has 188 valence electrons. The molecule has 2 N–H and O–H groups in total. The Kier molecular flexibility index (Phi) is 8.63. The third-order valence-electron chi connectivity index (χ3n) is 6.08. The van der Waals surface area contributed by atoms with Gasteiger partial charge in [-0.3, -0.25) is 9.59 Å². The maximum atomic E-state index is 13.1. The fourth-order valence-corrected chi connectivity index (χ4v) is 5.72. The van der Waals surface area contributed by atoms with Gasteiger partial charge in [0.05, 0.1) is 4.90 Å².